The van der Waals surface area contributed by atoms with Gasteiger partial charge in [0.1, 0.15) is 0 Å². The topological polar surface area (TPSA) is 51.0 Å². The van der Waals surface area contributed by atoms with Crippen LogP contribution in [-0.4, -0.2) is 27.4 Å². The zero-order valence-corrected chi connectivity index (χ0v) is 13.5. The summed E-state index contributed by atoms with van der Waals surface area (Å²) in [7, 11) is 0. The van der Waals surface area contributed by atoms with Crippen molar-refractivity contribution in [3.63, 3.8) is 0 Å². The van der Waals surface area contributed by atoms with Crippen LogP contribution in [0.15, 0.2) is 29.2 Å². The monoisotopic (exact) mass is 310 g/mol. The summed E-state index contributed by atoms with van der Waals surface area (Å²) in [5, 5.41) is 4.63. The largest absolute Gasteiger partial charge is 0.367 e. The number of aryl methyl sites for hydroxylation is 3. The van der Waals surface area contributed by atoms with Crippen LogP contribution >= 0.6 is 0 Å². The van der Waals surface area contributed by atoms with Gasteiger partial charge in [0.15, 0.2) is 0 Å². The van der Waals surface area contributed by atoms with Gasteiger partial charge in [0.05, 0.1) is 12.2 Å². The second-order valence-electron chi connectivity index (χ2n) is 6.64. The van der Waals surface area contributed by atoms with Crippen molar-refractivity contribution in [1.29, 1.82) is 0 Å². The highest BCUT2D eigenvalue weighted by molar-refractivity contribution is 5.48. The first-order valence-corrected chi connectivity index (χ1v) is 8.50. The Bertz CT molecular complexity index is 783. The minimum atomic E-state index is 0.0448. The standard InChI is InChI=1S/C18H22N4O/c1-13-10-15(7-8-19-13)21-9-3-5-16(21)12-22-18(23)11-14-4-2-6-17(14)20-22/h7-8,10-11,16H,2-6,9,12H2,1H3. The second-order valence-corrected chi connectivity index (χ2v) is 6.64. The molecule has 0 amide bonds. The fourth-order valence-electron chi connectivity index (χ4n) is 3.84. The Morgan fingerprint density at radius 2 is 2.17 bits per heavy atom. The van der Waals surface area contributed by atoms with Gasteiger partial charge in [-0.05, 0) is 56.7 Å². The van der Waals surface area contributed by atoms with Gasteiger partial charge in [0.2, 0.25) is 0 Å². The van der Waals surface area contributed by atoms with E-state index in [4.69, 9.17) is 0 Å². The molecule has 0 N–H and O–H groups in total. The number of anilines is 1. The van der Waals surface area contributed by atoms with Crippen LogP contribution in [0.2, 0.25) is 0 Å². The zero-order chi connectivity index (χ0) is 15.8. The van der Waals surface area contributed by atoms with Gasteiger partial charge >= 0.3 is 0 Å². The average Bonchev–Trinajstić information content (AvgIpc) is 3.16. The molecule has 120 valence electrons. The van der Waals surface area contributed by atoms with Crippen molar-refractivity contribution < 1.29 is 0 Å². The van der Waals surface area contributed by atoms with Crippen LogP contribution in [-0.2, 0) is 19.4 Å². The zero-order valence-electron chi connectivity index (χ0n) is 13.5. The first kappa shape index (κ1) is 14.4. The summed E-state index contributed by atoms with van der Waals surface area (Å²) in [6.07, 6.45) is 7.26. The number of aromatic nitrogens is 3. The summed E-state index contributed by atoms with van der Waals surface area (Å²) < 4.78 is 1.68. The first-order valence-electron chi connectivity index (χ1n) is 8.50. The highest BCUT2D eigenvalue weighted by Crippen LogP contribution is 2.26. The van der Waals surface area contributed by atoms with E-state index in [1.807, 2.05) is 13.1 Å². The summed E-state index contributed by atoms with van der Waals surface area (Å²) in [4.78, 5) is 19.0. The van der Waals surface area contributed by atoms with E-state index in [1.165, 1.54) is 5.69 Å². The molecule has 1 fully saturated rings. The van der Waals surface area contributed by atoms with E-state index in [-0.39, 0.29) is 5.56 Å². The van der Waals surface area contributed by atoms with Crippen molar-refractivity contribution in [2.24, 2.45) is 0 Å². The van der Waals surface area contributed by atoms with E-state index in [2.05, 4.69) is 27.1 Å². The average molecular weight is 310 g/mol. The molecule has 0 saturated carbocycles. The van der Waals surface area contributed by atoms with Gasteiger partial charge < -0.3 is 4.90 Å². The fraction of sp³-hybridized carbons (Fsp3) is 0.500. The van der Waals surface area contributed by atoms with Crippen LogP contribution in [0, 0.1) is 6.92 Å². The first-order chi connectivity index (χ1) is 11.2. The Labute approximate surface area is 136 Å². The highest BCUT2D eigenvalue weighted by Gasteiger charge is 2.26. The summed E-state index contributed by atoms with van der Waals surface area (Å²) in [5.41, 5.74) is 4.55. The second kappa shape index (κ2) is 5.80. The van der Waals surface area contributed by atoms with E-state index >= 15 is 0 Å². The molecule has 1 unspecified atom stereocenters. The van der Waals surface area contributed by atoms with Gasteiger partial charge in [-0.3, -0.25) is 9.78 Å². The lowest BCUT2D eigenvalue weighted by atomic mass is 10.2. The molecular weight excluding hydrogens is 288 g/mol. The van der Waals surface area contributed by atoms with Gasteiger partial charge in [-0.15, -0.1) is 0 Å². The third-order valence-electron chi connectivity index (χ3n) is 5.00. The SMILES string of the molecule is Cc1cc(N2CCCC2Cn2nc3c(cc2=O)CCC3)ccn1. The van der Waals surface area contributed by atoms with Crippen molar-refractivity contribution in [3.8, 4) is 0 Å². The van der Waals surface area contributed by atoms with Crippen LogP contribution in [0.1, 0.15) is 36.2 Å². The maximum absolute atomic E-state index is 12.3. The van der Waals surface area contributed by atoms with E-state index in [0.717, 1.165) is 55.6 Å². The predicted octanol–water partition coefficient (Wildman–Crippen LogP) is 2.10. The summed E-state index contributed by atoms with van der Waals surface area (Å²) in [6, 6.07) is 6.31. The van der Waals surface area contributed by atoms with Crippen LogP contribution in [0.3, 0.4) is 0 Å². The Morgan fingerprint density at radius 1 is 1.26 bits per heavy atom. The number of hydrogen-bond donors (Lipinski definition) is 0. The van der Waals surface area contributed by atoms with Crippen LogP contribution in [0.4, 0.5) is 5.69 Å². The fourth-order valence-corrected chi connectivity index (χ4v) is 3.84. The lowest BCUT2D eigenvalue weighted by Crippen LogP contribution is -2.37. The minimum Gasteiger partial charge on any atom is -0.367 e. The molecule has 0 aromatic carbocycles. The Kier molecular flexibility index (Phi) is 3.63. The van der Waals surface area contributed by atoms with Gasteiger partial charge in [-0.25, -0.2) is 4.68 Å². The van der Waals surface area contributed by atoms with E-state index in [0.29, 0.717) is 12.6 Å². The Balaban J connectivity index is 1.60. The molecule has 0 spiro atoms. The van der Waals surface area contributed by atoms with Gasteiger partial charge in [0.25, 0.3) is 5.56 Å². The van der Waals surface area contributed by atoms with E-state index < -0.39 is 0 Å². The molecular formula is C18H22N4O. The smallest absolute Gasteiger partial charge is 0.267 e. The van der Waals surface area contributed by atoms with Crippen molar-refractivity contribution >= 4 is 5.69 Å². The highest BCUT2D eigenvalue weighted by atomic mass is 16.1. The number of rotatable bonds is 3. The third kappa shape index (κ3) is 2.76. The van der Waals surface area contributed by atoms with Crippen LogP contribution in [0.5, 0.6) is 0 Å². The third-order valence-corrected chi connectivity index (χ3v) is 5.00. The van der Waals surface area contributed by atoms with Gasteiger partial charge in [-0.2, -0.15) is 5.10 Å². The van der Waals surface area contributed by atoms with E-state index in [9.17, 15) is 4.79 Å². The molecule has 2 aliphatic rings. The van der Waals surface area contributed by atoms with E-state index in [1.54, 1.807) is 10.7 Å². The van der Waals surface area contributed by atoms with Gasteiger partial charge in [-0.1, -0.05) is 0 Å². The molecule has 0 bridgehead atoms. The Morgan fingerprint density at radius 3 is 3.04 bits per heavy atom. The molecule has 5 heteroatoms. The summed E-state index contributed by atoms with van der Waals surface area (Å²) in [6.45, 7) is 3.72. The maximum atomic E-state index is 12.3. The minimum absolute atomic E-state index is 0.0448. The molecule has 2 aromatic heterocycles. The van der Waals surface area contributed by atoms with Crippen molar-refractivity contribution in [1.82, 2.24) is 14.8 Å². The lowest BCUT2D eigenvalue weighted by molar-refractivity contribution is 0.483. The number of fused-ring (bicyclic) bond motifs is 1. The quantitative estimate of drug-likeness (QED) is 0.871. The van der Waals surface area contributed by atoms with Gasteiger partial charge in [0, 0.05) is 36.2 Å². The van der Waals surface area contributed by atoms with Crippen LogP contribution in [0.25, 0.3) is 0 Å². The van der Waals surface area contributed by atoms with Crippen LogP contribution < -0.4 is 10.5 Å². The molecule has 1 aliphatic carbocycles. The molecule has 4 rings (SSSR count). The number of pyridine rings is 1. The molecule has 3 heterocycles. The molecule has 1 atom stereocenters. The molecule has 1 saturated heterocycles. The predicted molar refractivity (Wildman–Crippen MR) is 89.9 cm³/mol. The molecule has 23 heavy (non-hydrogen) atoms. The van der Waals surface area contributed by atoms with Crippen molar-refractivity contribution in [2.45, 2.75) is 51.6 Å². The van der Waals surface area contributed by atoms with Crippen molar-refractivity contribution in [2.75, 3.05) is 11.4 Å². The van der Waals surface area contributed by atoms with Crippen molar-refractivity contribution in [3.05, 3.63) is 51.7 Å². The molecule has 5 nitrogen and oxygen atoms in total. The normalized spacial score (nSPS) is 20.0. The molecule has 1 aliphatic heterocycles. The number of nitrogens with zero attached hydrogens (tertiary/aromatic N) is 4. The summed E-state index contributed by atoms with van der Waals surface area (Å²) >= 11 is 0. The lowest BCUT2D eigenvalue weighted by Gasteiger charge is -2.27. The maximum Gasteiger partial charge on any atom is 0.267 e. The molecule has 0 radical (unpaired) electrons. The molecule has 2 aromatic rings. The summed E-state index contributed by atoms with van der Waals surface area (Å²) in [5.74, 6) is 0. The Hall–Kier alpha value is -2.17. The number of hydrogen-bond acceptors (Lipinski definition) is 4.